The molecule has 2 aromatic rings. The monoisotopic (exact) mass is 339 g/mol. The van der Waals surface area contributed by atoms with Crippen LogP contribution in [0.4, 0.5) is 0 Å². The van der Waals surface area contributed by atoms with Crippen LogP contribution in [0.2, 0.25) is 0 Å². The van der Waals surface area contributed by atoms with Gasteiger partial charge >= 0.3 is 0 Å². The molecule has 0 N–H and O–H groups in total. The minimum atomic E-state index is 0.119. The number of carbonyl (C=O) groups is 1. The first-order valence-electron chi connectivity index (χ1n) is 6.23. The summed E-state index contributed by atoms with van der Waals surface area (Å²) in [5, 5.41) is 1.89. The number of ether oxygens (including phenoxy) is 1. The molecule has 0 radical (unpaired) electrons. The number of nitrogens with zero attached hydrogens (tertiary/aromatic N) is 1. The Morgan fingerprint density at radius 3 is 3.11 bits per heavy atom. The molecule has 0 aliphatic carbocycles. The van der Waals surface area contributed by atoms with E-state index in [2.05, 4.69) is 22.0 Å². The van der Waals surface area contributed by atoms with Gasteiger partial charge in [-0.1, -0.05) is 34.1 Å². The summed E-state index contributed by atoms with van der Waals surface area (Å²) in [7, 11) is 0. The van der Waals surface area contributed by atoms with Gasteiger partial charge in [0.1, 0.15) is 0 Å². The third-order valence-electron chi connectivity index (χ3n) is 3.30. The number of fused-ring (bicyclic) bond motifs is 1. The first-order valence-corrected chi connectivity index (χ1v) is 8.16. The van der Waals surface area contributed by atoms with E-state index in [-0.39, 0.29) is 11.9 Å². The Morgan fingerprint density at radius 1 is 1.47 bits per heavy atom. The smallest absolute Gasteiger partial charge is 0.264 e. The zero-order valence-electron chi connectivity index (χ0n) is 10.3. The number of benzene rings is 1. The van der Waals surface area contributed by atoms with Gasteiger partial charge in [-0.3, -0.25) is 4.79 Å². The quantitative estimate of drug-likeness (QED) is 0.786. The normalized spacial score (nSPS) is 19.8. The first kappa shape index (κ1) is 13.1. The van der Waals surface area contributed by atoms with Crippen LogP contribution in [0, 0.1) is 0 Å². The summed E-state index contributed by atoms with van der Waals surface area (Å²) in [5.41, 5.74) is 0. The summed E-state index contributed by atoms with van der Waals surface area (Å²) < 4.78 is 6.59. The molecule has 0 bridgehead atoms. The molecule has 2 heterocycles. The molecule has 1 unspecified atom stereocenters. The highest BCUT2D eigenvalue weighted by Gasteiger charge is 2.28. The average Bonchev–Trinajstić information content (AvgIpc) is 2.90. The molecule has 1 aromatic carbocycles. The highest BCUT2D eigenvalue weighted by atomic mass is 79.9. The highest BCUT2D eigenvalue weighted by molar-refractivity contribution is 9.09. The molecule has 3 rings (SSSR count). The maximum absolute atomic E-state index is 12.6. The van der Waals surface area contributed by atoms with Gasteiger partial charge in [-0.15, -0.1) is 11.3 Å². The summed E-state index contributed by atoms with van der Waals surface area (Å²) in [6.45, 7) is 1.91. The summed E-state index contributed by atoms with van der Waals surface area (Å²) in [6, 6.07) is 10.2. The summed E-state index contributed by atoms with van der Waals surface area (Å²) in [4.78, 5) is 15.3. The molecule has 5 heteroatoms. The summed E-state index contributed by atoms with van der Waals surface area (Å²) in [6.07, 6.45) is 0. The van der Waals surface area contributed by atoms with Crippen LogP contribution >= 0.6 is 27.3 Å². The fourth-order valence-electron chi connectivity index (χ4n) is 2.28. The Kier molecular flexibility index (Phi) is 3.86. The summed E-state index contributed by atoms with van der Waals surface area (Å²) in [5.74, 6) is 0.119. The first-order chi connectivity index (χ1) is 9.29. The number of halogens is 1. The van der Waals surface area contributed by atoms with Crippen LogP contribution in [0.25, 0.3) is 10.1 Å². The third kappa shape index (κ3) is 2.55. The maximum Gasteiger partial charge on any atom is 0.264 e. The van der Waals surface area contributed by atoms with Crippen LogP contribution in [-0.4, -0.2) is 41.9 Å². The van der Waals surface area contributed by atoms with E-state index in [1.807, 2.05) is 29.2 Å². The van der Waals surface area contributed by atoms with Gasteiger partial charge in [-0.05, 0) is 17.5 Å². The lowest BCUT2D eigenvalue weighted by Crippen LogP contribution is -2.49. The third-order valence-corrected chi connectivity index (χ3v) is 5.15. The van der Waals surface area contributed by atoms with Crippen molar-refractivity contribution in [2.24, 2.45) is 0 Å². The van der Waals surface area contributed by atoms with Crippen LogP contribution in [0.1, 0.15) is 9.67 Å². The van der Waals surface area contributed by atoms with Crippen molar-refractivity contribution in [3.63, 3.8) is 0 Å². The Morgan fingerprint density at radius 2 is 2.32 bits per heavy atom. The predicted molar refractivity (Wildman–Crippen MR) is 81.3 cm³/mol. The lowest BCUT2D eigenvalue weighted by molar-refractivity contribution is 0.00553. The molecule has 1 saturated heterocycles. The Hall–Kier alpha value is -0.910. The second-order valence-electron chi connectivity index (χ2n) is 4.53. The molecule has 0 saturated carbocycles. The minimum Gasteiger partial charge on any atom is -0.377 e. The van der Waals surface area contributed by atoms with Crippen LogP contribution in [-0.2, 0) is 4.74 Å². The van der Waals surface area contributed by atoms with Crippen molar-refractivity contribution in [2.45, 2.75) is 6.04 Å². The Bertz CT molecular complexity index is 565. The summed E-state index contributed by atoms with van der Waals surface area (Å²) >= 11 is 5.02. The lowest BCUT2D eigenvalue weighted by atomic mass is 10.2. The van der Waals surface area contributed by atoms with Crippen molar-refractivity contribution in [3.8, 4) is 0 Å². The molecule has 1 atom stereocenters. The standard InChI is InChI=1S/C14H14BrNO2S/c15-8-11-9-18-6-5-16(11)14(17)13-7-10-3-1-2-4-12(10)19-13/h1-4,7,11H,5-6,8-9H2. The SMILES string of the molecule is O=C(c1cc2ccccc2s1)N1CCOCC1CBr. The topological polar surface area (TPSA) is 29.5 Å². The number of hydrogen-bond donors (Lipinski definition) is 0. The Labute approximate surface area is 124 Å². The predicted octanol–water partition coefficient (Wildman–Crippen LogP) is 3.14. The molecule has 1 aliphatic rings. The van der Waals surface area contributed by atoms with E-state index in [0.29, 0.717) is 19.8 Å². The van der Waals surface area contributed by atoms with Crippen LogP contribution in [0.15, 0.2) is 30.3 Å². The second-order valence-corrected chi connectivity index (χ2v) is 6.26. The fraction of sp³-hybridized carbons (Fsp3) is 0.357. The van der Waals surface area contributed by atoms with Crippen LogP contribution in [0.3, 0.4) is 0 Å². The van der Waals surface area contributed by atoms with Gasteiger partial charge in [-0.2, -0.15) is 0 Å². The second kappa shape index (κ2) is 5.61. The average molecular weight is 340 g/mol. The number of thiophene rings is 1. The van der Waals surface area contributed by atoms with Gasteiger partial charge in [-0.25, -0.2) is 0 Å². The molecule has 1 aromatic heterocycles. The van der Waals surface area contributed by atoms with E-state index in [1.54, 1.807) is 11.3 Å². The van der Waals surface area contributed by atoms with Crippen molar-refractivity contribution in [3.05, 3.63) is 35.2 Å². The molecular weight excluding hydrogens is 326 g/mol. The minimum absolute atomic E-state index is 0.119. The number of hydrogen-bond acceptors (Lipinski definition) is 3. The molecule has 0 spiro atoms. The van der Waals surface area contributed by atoms with Gasteiger partial charge in [0.05, 0.1) is 24.1 Å². The molecular formula is C14H14BrNO2S. The number of amides is 1. The molecule has 19 heavy (non-hydrogen) atoms. The van der Waals surface area contributed by atoms with Gasteiger partial charge in [0.2, 0.25) is 0 Å². The van der Waals surface area contributed by atoms with Crippen molar-refractivity contribution in [1.29, 1.82) is 0 Å². The van der Waals surface area contributed by atoms with E-state index in [0.717, 1.165) is 20.3 Å². The molecule has 1 fully saturated rings. The number of morpholine rings is 1. The maximum atomic E-state index is 12.6. The zero-order valence-corrected chi connectivity index (χ0v) is 12.7. The lowest BCUT2D eigenvalue weighted by Gasteiger charge is -2.34. The number of alkyl halides is 1. The van der Waals surface area contributed by atoms with E-state index < -0.39 is 0 Å². The zero-order chi connectivity index (χ0) is 13.2. The van der Waals surface area contributed by atoms with E-state index in [4.69, 9.17) is 4.74 Å². The van der Waals surface area contributed by atoms with Crippen LogP contribution < -0.4 is 0 Å². The highest BCUT2D eigenvalue weighted by Crippen LogP contribution is 2.27. The molecule has 100 valence electrons. The van der Waals surface area contributed by atoms with Crippen molar-refractivity contribution in [2.75, 3.05) is 25.1 Å². The van der Waals surface area contributed by atoms with Gasteiger partial charge in [0, 0.05) is 16.6 Å². The van der Waals surface area contributed by atoms with Crippen molar-refractivity contribution < 1.29 is 9.53 Å². The van der Waals surface area contributed by atoms with Gasteiger partial charge in [0.25, 0.3) is 5.91 Å². The van der Waals surface area contributed by atoms with E-state index >= 15 is 0 Å². The largest absolute Gasteiger partial charge is 0.377 e. The molecule has 3 nitrogen and oxygen atoms in total. The van der Waals surface area contributed by atoms with E-state index in [1.165, 1.54) is 0 Å². The molecule has 1 aliphatic heterocycles. The van der Waals surface area contributed by atoms with Crippen molar-refractivity contribution >= 4 is 43.3 Å². The van der Waals surface area contributed by atoms with Crippen molar-refractivity contribution in [1.82, 2.24) is 4.90 Å². The van der Waals surface area contributed by atoms with Crippen LogP contribution in [0.5, 0.6) is 0 Å². The molecule has 1 amide bonds. The number of rotatable bonds is 2. The van der Waals surface area contributed by atoms with Gasteiger partial charge < -0.3 is 9.64 Å². The fourth-order valence-corrected chi connectivity index (χ4v) is 3.83. The van der Waals surface area contributed by atoms with E-state index in [9.17, 15) is 4.79 Å². The van der Waals surface area contributed by atoms with Gasteiger partial charge in [0.15, 0.2) is 0 Å². The Balaban J connectivity index is 1.89. The number of carbonyl (C=O) groups excluding carboxylic acids is 1.